The van der Waals surface area contributed by atoms with Gasteiger partial charge in [-0.15, -0.1) is 11.3 Å². The molecule has 23 heavy (non-hydrogen) atoms. The van der Waals surface area contributed by atoms with Crippen LogP contribution in [0.25, 0.3) is 0 Å². The predicted octanol–water partition coefficient (Wildman–Crippen LogP) is 1.44. The van der Waals surface area contributed by atoms with Gasteiger partial charge in [0.1, 0.15) is 0 Å². The van der Waals surface area contributed by atoms with Gasteiger partial charge in [-0.1, -0.05) is 13.0 Å². The largest absolute Gasteiger partial charge is 0.357 e. The maximum Gasteiger partial charge on any atom is 0.214 e. The Balaban J connectivity index is 1.82. The Labute approximate surface area is 143 Å². The zero-order valence-corrected chi connectivity index (χ0v) is 15.4. The van der Waals surface area contributed by atoms with E-state index in [1.807, 2.05) is 6.92 Å². The minimum absolute atomic E-state index is 0.277. The van der Waals surface area contributed by atoms with Crippen LogP contribution in [0, 0.1) is 0 Å². The second-order valence-corrected chi connectivity index (χ2v) is 8.70. The molecule has 0 saturated carbocycles. The van der Waals surface area contributed by atoms with Crippen molar-refractivity contribution in [2.45, 2.75) is 26.2 Å². The molecule has 1 aliphatic rings. The SMILES string of the molecule is CCNC(=NCC(C)c1cccs1)NCCN1CCCS1(=O)=O. The van der Waals surface area contributed by atoms with E-state index in [9.17, 15) is 8.42 Å². The van der Waals surface area contributed by atoms with Crippen LogP contribution in [0.4, 0.5) is 0 Å². The van der Waals surface area contributed by atoms with Crippen LogP contribution in [0.3, 0.4) is 0 Å². The summed E-state index contributed by atoms with van der Waals surface area (Å²) in [6.45, 7) is 7.36. The van der Waals surface area contributed by atoms with Gasteiger partial charge in [-0.05, 0) is 24.8 Å². The van der Waals surface area contributed by atoms with E-state index in [1.165, 1.54) is 4.88 Å². The van der Waals surface area contributed by atoms with E-state index in [-0.39, 0.29) is 5.75 Å². The number of aliphatic imine (C=N–C) groups is 1. The minimum atomic E-state index is -3.02. The van der Waals surface area contributed by atoms with Gasteiger partial charge in [0.2, 0.25) is 10.0 Å². The molecule has 1 saturated heterocycles. The van der Waals surface area contributed by atoms with Crippen LogP contribution in [0.2, 0.25) is 0 Å². The highest BCUT2D eigenvalue weighted by Crippen LogP contribution is 2.20. The smallest absolute Gasteiger partial charge is 0.214 e. The summed E-state index contributed by atoms with van der Waals surface area (Å²) < 4.78 is 25.1. The van der Waals surface area contributed by atoms with E-state index in [0.29, 0.717) is 32.1 Å². The Hall–Kier alpha value is -1.12. The first-order chi connectivity index (χ1) is 11.0. The number of hydrogen-bond donors (Lipinski definition) is 2. The first-order valence-electron chi connectivity index (χ1n) is 8.06. The monoisotopic (exact) mass is 358 g/mol. The fourth-order valence-electron chi connectivity index (χ4n) is 2.47. The van der Waals surface area contributed by atoms with E-state index in [2.05, 4.69) is 40.1 Å². The van der Waals surface area contributed by atoms with Gasteiger partial charge in [0, 0.05) is 37.0 Å². The lowest BCUT2D eigenvalue weighted by atomic mass is 10.1. The predicted molar refractivity (Wildman–Crippen MR) is 96.7 cm³/mol. The highest BCUT2D eigenvalue weighted by atomic mass is 32.2. The molecule has 1 aromatic heterocycles. The summed E-state index contributed by atoms with van der Waals surface area (Å²) in [7, 11) is -3.02. The zero-order valence-electron chi connectivity index (χ0n) is 13.8. The lowest BCUT2D eigenvalue weighted by Gasteiger charge is -2.17. The van der Waals surface area contributed by atoms with Gasteiger partial charge in [-0.3, -0.25) is 4.99 Å². The summed E-state index contributed by atoms with van der Waals surface area (Å²) in [4.78, 5) is 5.93. The van der Waals surface area contributed by atoms with E-state index in [0.717, 1.165) is 18.9 Å². The third-order valence-corrected chi connectivity index (χ3v) is 6.81. The number of sulfonamides is 1. The van der Waals surface area contributed by atoms with Gasteiger partial charge < -0.3 is 10.6 Å². The highest BCUT2D eigenvalue weighted by molar-refractivity contribution is 7.89. The Morgan fingerprint density at radius 1 is 1.48 bits per heavy atom. The van der Waals surface area contributed by atoms with Gasteiger partial charge >= 0.3 is 0 Å². The van der Waals surface area contributed by atoms with E-state index in [4.69, 9.17) is 0 Å². The standard InChI is InChI=1S/C15H26N4O2S2/c1-3-16-15(18-12-13(2)14-6-4-10-22-14)17-7-9-19-8-5-11-23(19,20)21/h4,6,10,13H,3,5,7-9,11-12H2,1-2H3,(H2,16,17,18). The summed E-state index contributed by atoms with van der Waals surface area (Å²) in [5.41, 5.74) is 0. The second kappa shape index (κ2) is 8.65. The lowest BCUT2D eigenvalue weighted by molar-refractivity contribution is 0.445. The van der Waals surface area contributed by atoms with Crippen molar-refractivity contribution in [3.05, 3.63) is 22.4 Å². The van der Waals surface area contributed by atoms with Crippen LogP contribution in [-0.2, 0) is 10.0 Å². The molecule has 0 spiro atoms. The van der Waals surface area contributed by atoms with E-state index in [1.54, 1.807) is 15.6 Å². The molecule has 1 fully saturated rings. The normalized spacial score (nSPS) is 19.7. The number of nitrogens with one attached hydrogen (secondary N) is 2. The summed E-state index contributed by atoms with van der Waals surface area (Å²) in [6.07, 6.45) is 0.731. The van der Waals surface area contributed by atoms with Crippen LogP contribution < -0.4 is 10.6 Å². The van der Waals surface area contributed by atoms with Crippen molar-refractivity contribution < 1.29 is 8.42 Å². The van der Waals surface area contributed by atoms with Gasteiger partial charge in [-0.25, -0.2) is 12.7 Å². The number of thiophene rings is 1. The van der Waals surface area contributed by atoms with Gasteiger partial charge in [0.15, 0.2) is 5.96 Å². The number of guanidine groups is 1. The first kappa shape index (κ1) is 18.2. The molecule has 2 heterocycles. The molecule has 8 heteroatoms. The second-order valence-electron chi connectivity index (χ2n) is 5.63. The molecule has 2 rings (SSSR count). The van der Waals surface area contributed by atoms with Crippen molar-refractivity contribution in [3.8, 4) is 0 Å². The maximum absolute atomic E-state index is 11.8. The average molecular weight is 359 g/mol. The van der Waals surface area contributed by atoms with Crippen molar-refractivity contribution >= 4 is 27.3 Å². The minimum Gasteiger partial charge on any atom is -0.357 e. The molecule has 130 valence electrons. The van der Waals surface area contributed by atoms with E-state index < -0.39 is 10.0 Å². The van der Waals surface area contributed by atoms with Crippen LogP contribution in [-0.4, -0.2) is 57.2 Å². The van der Waals surface area contributed by atoms with Crippen molar-refractivity contribution in [2.75, 3.05) is 38.5 Å². The Morgan fingerprint density at radius 2 is 2.30 bits per heavy atom. The summed E-state index contributed by atoms with van der Waals surface area (Å²) in [5.74, 6) is 1.40. The Morgan fingerprint density at radius 3 is 2.91 bits per heavy atom. The molecule has 0 bridgehead atoms. The van der Waals surface area contributed by atoms with Crippen molar-refractivity contribution in [2.24, 2.45) is 4.99 Å². The fourth-order valence-corrected chi connectivity index (χ4v) is 4.78. The van der Waals surface area contributed by atoms with Crippen molar-refractivity contribution in [3.63, 3.8) is 0 Å². The molecule has 2 N–H and O–H groups in total. The first-order valence-corrected chi connectivity index (χ1v) is 10.5. The summed E-state index contributed by atoms with van der Waals surface area (Å²) in [5, 5.41) is 8.50. The van der Waals surface area contributed by atoms with Crippen LogP contribution in [0.1, 0.15) is 31.1 Å². The lowest BCUT2D eigenvalue weighted by Crippen LogP contribution is -2.42. The molecular formula is C15H26N4O2S2. The van der Waals surface area contributed by atoms with E-state index >= 15 is 0 Å². The Kier molecular flexibility index (Phi) is 6.86. The molecule has 1 aliphatic heterocycles. The third-order valence-electron chi connectivity index (χ3n) is 3.75. The molecule has 0 amide bonds. The van der Waals surface area contributed by atoms with Gasteiger partial charge in [-0.2, -0.15) is 0 Å². The number of hydrogen-bond acceptors (Lipinski definition) is 4. The summed E-state index contributed by atoms with van der Waals surface area (Å²) in [6, 6.07) is 4.18. The van der Waals surface area contributed by atoms with Gasteiger partial charge in [0.25, 0.3) is 0 Å². The molecule has 6 nitrogen and oxygen atoms in total. The highest BCUT2D eigenvalue weighted by Gasteiger charge is 2.27. The molecule has 0 aliphatic carbocycles. The molecule has 1 aromatic rings. The summed E-state index contributed by atoms with van der Waals surface area (Å²) >= 11 is 1.75. The average Bonchev–Trinajstić information content (AvgIpc) is 3.14. The van der Waals surface area contributed by atoms with Crippen molar-refractivity contribution in [1.82, 2.24) is 14.9 Å². The topological polar surface area (TPSA) is 73.8 Å². The quantitative estimate of drug-likeness (QED) is 0.571. The maximum atomic E-state index is 11.8. The molecular weight excluding hydrogens is 332 g/mol. The van der Waals surface area contributed by atoms with Gasteiger partial charge in [0.05, 0.1) is 12.3 Å². The fraction of sp³-hybridized carbons (Fsp3) is 0.667. The van der Waals surface area contributed by atoms with Crippen LogP contribution in [0.5, 0.6) is 0 Å². The molecule has 0 radical (unpaired) electrons. The molecule has 1 unspecified atom stereocenters. The molecule has 0 aromatic carbocycles. The van der Waals surface area contributed by atoms with Crippen LogP contribution >= 0.6 is 11.3 Å². The molecule has 1 atom stereocenters. The third kappa shape index (κ3) is 5.47. The Bertz CT molecular complexity index is 599. The van der Waals surface area contributed by atoms with Crippen molar-refractivity contribution in [1.29, 1.82) is 0 Å². The van der Waals surface area contributed by atoms with Crippen LogP contribution in [0.15, 0.2) is 22.5 Å². The zero-order chi connectivity index (χ0) is 16.7. The number of rotatable bonds is 7. The number of nitrogens with zero attached hydrogens (tertiary/aromatic N) is 2.